The largest absolute Gasteiger partial charge is 0.489 e. The van der Waals surface area contributed by atoms with Crippen molar-refractivity contribution in [1.82, 2.24) is 14.5 Å². The van der Waals surface area contributed by atoms with E-state index in [9.17, 15) is 9.59 Å². The van der Waals surface area contributed by atoms with E-state index < -0.39 is 0 Å². The van der Waals surface area contributed by atoms with E-state index in [1.165, 1.54) is 10.9 Å². The summed E-state index contributed by atoms with van der Waals surface area (Å²) in [7, 11) is 0. The molecule has 0 bridgehead atoms. The first-order valence-electron chi connectivity index (χ1n) is 11.4. The SMILES string of the molecule is CC(C)(C)C(=O)Nc1ccccc1.CCCN(CCOc1c(Cl)cc(Cl)cc1Cl)C(=O)n1ccnc1. The molecule has 0 saturated heterocycles. The fourth-order valence-corrected chi connectivity index (χ4v) is 3.80. The maximum atomic E-state index is 12.3. The van der Waals surface area contributed by atoms with Crippen LogP contribution in [0.15, 0.2) is 61.2 Å². The van der Waals surface area contributed by atoms with E-state index in [1.807, 2.05) is 58.0 Å². The summed E-state index contributed by atoms with van der Waals surface area (Å²) in [6.07, 6.45) is 5.48. The number of halogens is 3. The van der Waals surface area contributed by atoms with Crippen LogP contribution in [-0.2, 0) is 4.79 Å². The van der Waals surface area contributed by atoms with Gasteiger partial charge in [0.15, 0.2) is 5.75 Å². The molecule has 0 atom stereocenters. The van der Waals surface area contributed by atoms with E-state index in [1.54, 1.807) is 29.4 Å². The summed E-state index contributed by atoms with van der Waals surface area (Å²) >= 11 is 18.0. The molecule has 3 rings (SSSR count). The molecule has 2 amide bonds. The Morgan fingerprint density at radius 3 is 2.22 bits per heavy atom. The van der Waals surface area contributed by atoms with Crippen molar-refractivity contribution in [2.75, 3.05) is 25.0 Å². The number of benzene rings is 2. The van der Waals surface area contributed by atoms with Crippen LogP contribution in [0.2, 0.25) is 15.1 Å². The average molecular weight is 554 g/mol. The van der Waals surface area contributed by atoms with Crippen LogP contribution in [0.4, 0.5) is 10.5 Å². The molecule has 1 aromatic heterocycles. The number of carbonyl (C=O) groups is 2. The highest BCUT2D eigenvalue weighted by Crippen LogP contribution is 2.35. The smallest absolute Gasteiger partial charge is 0.329 e. The number of para-hydroxylation sites is 1. The molecular weight excluding hydrogens is 523 g/mol. The Hall–Kier alpha value is -2.74. The predicted octanol–water partition coefficient (Wildman–Crippen LogP) is 7.27. The minimum absolute atomic E-state index is 0.0405. The summed E-state index contributed by atoms with van der Waals surface area (Å²) in [5.74, 6) is 0.406. The summed E-state index contributed by atoms with van der Waals surface area (Å²) in [5, 5.41) is 3.96. The number of nitrogens with one attached hydrogen (secondary N) is 1. The maximum absolute atomic E-state index is 12.3. The van der Waals surface area contributed by atoms with Gasteiger partial charge in [-0.15, -0.1) is 0 Å². The molecule has 0 aliphatic heterocycles. The fourth-order valence-electron chi connectivity index (χ4n) is 2.87. The van der Waals surface area contributed by atoms with Crippen molar-refractivity contribution in [1.29, 1.82) is 0 Å². The van der Waals surface area contributed by atoms with Crippen LogP contribution in [0.25, 0.3) is 0 Å². The zero-order valence-electron chi connectivity index (χ0n) is 20.8. The first kappa shape index (κ1) is 29.5. The van der Waals surface area contributed by atoms with E-state index >= 15 is 0 Å². The lowest BCUT2D eigenvalue weighted by atomic mass is 9.95. The van der Waals surface area contributed by atoms with Crippen molar-refractivity contribution in [2.24, 2.45) is 5.41 Å². The molecule has 194 valence electrons. The molecule has 36 heavy (non-hydrogen) atoms. The Bertz CT molecular complexity index is 1090. The van der Waals surface area contributed by atoms with Crippen molar-refractivity contribution < 1.29 is 14.3 Å². The fraction of sp³-hybridized carbons (Fsp3) is 0.346. The van der Waals surface area contributed by atoms with Gasteiger partial charge < -0.3 is 15.0 Å². The van der Waals surface area contributed by atoms with Crippen LogP contribution < -0.4 is 10.1 Å². The number of ether oxygens (including phenoxy) is 1. The van der Waals surface area contributed by atoms with Crippen LogP contribution in [0.3, 0.4) is 0 Å². The van der Waals surface area contributed by atoms with Gasteiger partial charge in [-0.3, -0.25) is 9.36 Å². The van der Waals surface area contributed by atoms with Gasteiger partial charge in [0, 0.05) is 35.1 Å². The average Bonchev–Trinajstić information content (AvgIpc) is 3.35. The minimum atomic E-state index is -0.337. The molecule has 0 unspecified atom stereocenters. The highest BCUT2D eigenvalue weighted by molar-refractivity contribution is 6.40. The third-order valence-corrected chi connectivity index (χ3v) is 5.55. The standard InChI is InChI=1S/C15H16Cl3N3O2.C11H15NO/c1-2-4-20(15(22)21-5-3-19-10-21)6-7-23-14-12(17)8-11(16)9-13(14)18;1-11(2,3)10(13)12-9-7-5-4-6-8-9/h3,5,8-10H,2,4,6-7H2,1H3;4-8H,1-3H3,(H,12,13). The molecule has 10 heteroatoms. The van der Waals surface area contributed by atoms with Gasteiger partial charge in [-0.05, 0) is 30.7 Å². The van der Waals surface area contributed by atoms with Crippen LogP contribution >= 0.6 is 34.8 Å². The van der Waals surface area contributed by atoms with Crippen molar-refractivity contribution in [3.05, 3.63) is 76.3 Å². The highest BCUT2D eigenvalue weighted by Gasteiger charge is 2.20. The van der Waals surface area contributed by atoms with Crippen LogP contribution in [-0.4, -0.2) is 46.1 Å². The molecule has 0 radical (unpaired) electrons. The van der Waals surface area contributed by atoms with E-state index in [0.29, 0.717) is 33.9 Å². The van der Waals surface area contributed by atoms with Gasteiger partial charge in [0.05, 0.1) is 16.6 Å². The third-order valence-electron chi connectivity index (χ3n) is 4.77. The molecule has 3 aromatic rings. The number of anilines is 1. The summed E-state index contributed by atoms with van der Waals surface area (Å²) in [6, 6.07) is 12.5. The second kappa shape index (κ2) is 14.1. The lowest BCUT2D eigenvalue weighted by Gasteiger charge is -2.22. The van der Waals surface area contributed by atoms with Gasteiger partial charge in [0.1, 0.15) is 12.9 Å². The van der Waals surface area contributed by atoms with E-state index in [2.05, 4.69) is 10.3 Å². The van der Waals surface area contributed by atoms with Gasteiger partial charge in [-0.1, -0.05) is 80.7 Å². The van der Waals surface area contributed by atoms with Crippen molar-refractivity contribution >= 4 is 52.4 Å². The second-order valence-electron chi connectivity index (χ2n) is 8.86. The summed E-state index contributed by atoms with van der Waals surface area (Å²) < 4.78 is 7.05. The molecule has 2 aromatic carbocycles. The zero-order valence-corrected chi connectivity index (χ0v) is 23.1. The monoisotopic (exact) mass is 552 g/mol. The Morgan fingerprint density at radius 1 is 1.06 bits per heavy atom. The molecule has 1 N–H and O–H groups in total. The number of aromatic nitrogens is 2. The normalized spacial score (nSPS) is 10.8. The number of rotatable bonds is 7. The van der Waals surface area contributed by atoms with Crippen molar-refractivity contribution in [2.45, 2.75) is 34.1 Å². The Kier molecular flexibility index (Phi) is 11.6. The lowest BCUT2D eigenvalue weighted by molar-refractivity contribution is -0.123. The number of hydrogen-bond donors (Lipinski definition) is 1. The third kappa shape index (κ3) is 9.37. The van der Waals surface area contributed by atoms with Gasteiger partial charge in [0.2, 0.25) is 5.91 Å². The first-order valence-corrected chi connectivity index (χ1v) is 12.6. The Morgan fingerprint density at radius 2 is 1.69 bits per heavy atom. The number of nitrogens with zero attached hydrogens (tertiary/aromatic N) is 3. The van der Waals surface area contributed by atoms with Crippen LogP contribution in [0.1, 0.15) is 34.1 Å². The number of hydrogen-bond acceptors (Lipinski definition) is 4. The number of amides is 2. The van der Waals surface area contributed by atoms with Gasteiger partial charge in [-0.2, -0.15) is 0 Å². The molecule has 0 saturated carbocycles. The van der Waals surface area contributed by atoms with Crippen molar-refractivity contribution in [3.63, 3.8) is 0 Å². The van der Waals surface area contributed by atoms with Crippen LogP contribution in [0, 0.1) is 5.41 Å². The van der Waals surface area contributed by atoms with E-state index in [-0.39, 0.29) is 24.0 Å². The minimum Gasteiger partial charge on any atom is -0.489 e. The van der Waals surface area contributed by atoms with Gasteiger partial charge in [-0.25, -0.2) is 9.78 Å². The van der Waals surface area contributed by atoms with Crippen LogP contribution in [0.5, 0.6) is 5.75 Å². The summed E-state index contributed by atoms with van der Waals surface area (Å²) in [6.45, 7) is 8.97. The quantitative estimate of drug-likeness (QED) is 0.334. The maximum Gasteiger partial charge on any atom is 0.329 e. The topological polar surface area (TPSA) is 76.5 Å². The molecule has 0 fully saturated rings. The zero-order chi connectivity index (χ0) is 26.7. The molecular formula is C26H31Cl3N4O3. The van der Waals surface area contributed by atoms with E-state index in [4.69, 9.17) is 39.5 Å². The lowest BCUT2D eigenvalue weighted by Crippen LogP contribution is -2.37. The van der Waals surface area contributed by atoms with Gasteiger partial charge >= 0.3 is 6.03 Å². The Balaban J connectivity index is 0.000000297. The van der Waals surface area contributed by atoms with Crippen molar-refractivity contribution in [3.8, 4) is 5.75 Å². The molecule has 1 heterocycles. The molecule has 0 spiro atoms. The van der Waals surface area contributed by atoms with Gasteiger partial charge in [0.25, 0.3) is 0 Å². The Labute approximate surface area is 227 Å². The molecule has 7 nitrogen and oxygen atoms in total. The summed E-state index contributed by atoms with van der Waals surface area (Å²) in [5.41, 5.74) is 0.512. The second-order valence-corrected chi connectivity index (χ2v) is 10.1. The molecule has 0 aliphatic rings. The number of imidazole rings is 1. The highest BCUT2D eigenvalue weighted by atomic mass is 35.5. The predicted molar refractivity (Wildman–Crippen MR) is 146 cm³/mol. The molecule has 0 aliphatic carbocycles. The summed E-state index contributed by atoms with van der Waals surface area (Å²) in [4.78, 5) is 29.4. The number of carbonyl (C=O) groups excluding carboxylic acids is 2. The van der Waals surface area contributed by atoms with E-state index in [0.717, 1.165) is 12.1 Å². The first-order chi connectivity index (χ1) is 17.0.